The van der Waals surface area contributed by atoms with Crippen molar-refractivity contribution in [3.63, 3.8) is 0 Å². The van der Waals surface area contributed by atoms with Crippen molar-refractivity contribution in [2.24, 2.45) is 0 Å². The highest BCUT2D eigenvalue weighted by Gasteiger charge is 2.21. The predicted molar refractivity (Wildman–Crippen MR) is 66.4 cm³/mol. The van der Waals surface area contributed by atoms with Crippen molar-refractivity contribution in [3.05, 3.63) is 39.4 Å². The zero-order valence-electron chi connectivity index (χ0n) is 9.70. The summed E-state index contributed by atoms with van der Waals surface area (Å²) >= 11 is 9.65. The SMILES string of the molecule is O=C(Cl)OC(=O)c1cc(C(=O)OC(=O)Cl)cc([N+](=O)[O-])c1. The summed E-state index contributed by atoms with van der Waals surface area (Å²) in [6, 6.07) is 2.28. The minimum Gasteiger partial charge on any atom is -0.377 e. The van der Waals surface area contributed by atoms with Crippen LogP contribution in [0.4, 0.5) is 15.3 Å². The number of nitro benzene ring substituents is 1. The summed E-state index contributed by atoms with van der Waals surface area (Å²) in [5.41, 5.74) is -4.65. The fraction of sp³-hybridized carbons (Fsp3) is 0. The number of carbonyl (C=O) groups is 4. The van der Waals surface area contributed by atoms with E-state index in [1.54, 1.807) is 0 Å². The Morgan fingerprint density at radius 3 is 1.57 bits per heavy atom. The molecule has 0 spiro atoms. The summed E-state index contributed by atoms with van der Waals surface area (Å²) in [7, 11) is 0. The molecule has 0 heterocycles. The van der Waals surface area contributed by atoms with Crippen LogP contribution in [-0.2, 0) is 9.47 Å². The highest BCUT2D eigenvalue weighted by atomic mass is 35.5. The molecule has 0 amide bonds. The number of halogens is 2. The fourth-order valence-electron chi connectivity index (χ4n) is 1.22. The zero-order valence-corrected chi connectivity index (χ0v) is 11.2. The molecular formula is C10H3Cl2NO8. The second-order valence-electron chi connectivity index (χ2n) is 3.28. The first-order chi connectivity index (χ1) is 9.70. The first-order valence-corrected chi connectivity index (χ1v) is 5.59. The quantitative estimate of drug-likeness (QED) is 0.271. The molecule has 0 fully saturated rings. The molecule has 21 heavy (non-hydrogen) atoms. The van der Waals surface area contributed by atoms with Gasteiger partial charge in [-0.3, -0.25) is 10.1 Å². The van der Waals surface area contributed by atoms with Gasteiger partial charge in [0.15, 0.2) is 0 Å². The van der Waals surface area contributed by atoms with Crippen LogP contribution in [0.15, 0.2) is 18.2 Å². The van der Waals surface area contributed by atoms with Gasteiger partial charge >= 0.3 is 22.8 Å². The average Bonchev–Trinajstić information content (AvgIpc) is 2.36. The highest BCUT2D eigenvalue weighted by Crippen LogP contribution is 2.19. The molecule has 0 atom stereocenters. The van der Waals surface area contributed by atoms with Crippen LogP contribution in [0.25, 0.3) is 0 Å². The molecule has 0 unspecified atom stereocenters. The lowest BCUT2D eigenvalue weighted by atomic mass is 10.1. The summed E-state index contributed by atoms with van der Waals surface area (Å²) in [6.45, 7) is 0. The van der Waals surface area contributed by atoms with E-state index >= 15 is 0 Å². The van der Waals surface area contributed by atoms with Gasteiger partial charge in [0, 0.05) is 35.3 Å². The third-order valence-corrected chi connectivity index (χ3v) is 2.10. The molecule has 0 N–H and O–H groups in total. The number of esters is 2. The average molecular weight is 336 g/mol. The zero-order chi connectivity index (χ0) is 16.2. The Balaban J connectivity index is 3.26. The van der Waals surface area contributed by atoms with Gasteiger partial charge in [-0.05, 0) is 6.07 Å². The van der Waals surface area contributed by atoms with Crippen molar-refractivity contribution in [3.8, 4) is 0 Å². The number of hydrogen-bond donors (Lipinski definition) is 0. The lowest BCUT2D eigenvalue weighted by molar-refractivity contribution is -0.384. The van der Waals surface area contributed by atoms with Crippen LogP contribution >= 0.6 is 23.2 Å². The highest BCUT2D eigenvalue weighted by molar-refractivity contribution is 6.62. The molecule has 1 rings (SSSR count). The molecule has 9 nitrogen and oxygen atoms in total. The molecule has 110 valence electrons. The third kappa shape index (κ3) is 4.82. The predicted octanol–water partition coefficient (Wildman–Crippen LogP) is 2.63. The van der Waals surface area contributed by atoms with E-state index in [0.29, 0.717) is 0 Å². The van der Waals surface area contributed by atoms with Gasteiger partial charge in [0.25, 0.3) is 5.69 Å². The first kappa shape index (κ1) is 16.5. The number of nitro groups is 1. The molecule has 0 radical (unpaired) electrons. The molecule has 0 saturated heterocycles. The Kier molecular flexibility index (Phi) is 5.33. The number of benzene rings is 1. The maximum atomic E-state index is 11.4. The molecule has 0 saturated carbocycles. The number of rotatable bonds is 3. The lowest BCUT2D eigenvalue weighted by Gasteiger charge is -2.03. The van der Waals surface area contributed by atoms with Crippen molar-refractivity contribution in [1.29, 1.82) is 0 Å². The maximum Gasteiger partial charge on any atom is 0.411 e. The van der Waals surface area contributed by atoms with Crippen molar-refractivity contribution in [2.75, 3.05) is 0 Å². The van der Waals surface area contributed by atoms with Crippen molar-refractivity contribution in [2.45, 2.75) is 0 Å². The molecule has 0 aliphatic rings. The van der Waals surface area contributed by atoms with E-state index in [-0.39, 0.29) is 0 Å². The molecule has 0 aliphatic carbocycles. The van der Waals surface area contributed by atoms with Gasteiger partial charge in [-0.1, -0.05) is 0 Å². The minimum atomic E-state index is -1.47. The van der Waals surface area contributed by atoms with Crippen LogP contribution in [0.3, 0.4) is 0 Å². The minimum absolute atomic E-state index is 0.521. The molecule has 1 aromatic carbocycles. The number of non-ortho nitro benzene ring substituents is 1. The van der Waals surface area contributed by atoms with Gasteiger partial charge < -0.3 is 9.47 Å². The summed E-state index contributed by atoms with van der Waals surface area (Å²) in [5, 5.41) is 10.7. The standard InChI is InChI=1S/C10H3Cl2NO8/c11-9(16)20-7(14)4-1-5(8(15)21-10(12)17)3-6(2-4)13(18)19/h1-3H. The smallest absolute Gasteiger partial charge is 0.377 e. The molecule has 0 aromatic heterocycles. The van der Waals surface area contributed by atoms with E-state index in [2.05, 4.69) is 9.47 Å². The van der Waals surface area contributed by atoms with E-state index in [1.165, 1.54) is 0 Å². The summed E-state index contributed by atoms with van der Waals surface area (Å²) in [5.74, 6) is -2.66. The van der Waals surface area contributed by atoms with Crippen LogP contribution in [0.5, 0.6) is 0 Å². The third-order valence-electron chi connectivity index (χ3n) is 1.95. The van der Waals surface area contributed by atoms with E-state index < -0.39 is 44.5 Å². The van der Waals surface area contributed by atoms with Gasteiger partial charge in [0.1, 0.15) is 0 Å². The van der Waals surface area contributed by atoms with Crippen LogP contribution in [0.1, 0.15) is 20.7 Å². The van der Waals surface area contributed by atoms with Crippen molar-refractivity contribution in [1.82, 2.24) is 0 Å². The Labute approximate surface area is 125 Å². The molecular weight excluding hydrogens is 333 g/mol. The van der Waals surface area contributed by atoms with Crippen molar-refractivity contribution >= 4 is 51.7 Å². The fourth-order valence-corrected chi connectivity index (χ4v) is 1.36. The van der Waals surface area contributed by atoms with Crippen LogP contribution in [0.2, 0.25) is 0 Å². The Bertz CT molecular complexity index is 610. The van der Waals surface area contributed by atoms with E-state index in [1.807, 2.05) is 0 Å². The Morgan fingerprint density at radius 1 is 0.905 bits per heavy atom. The van der Waals surface area contributed by atoms with Gasteiger partial charge in [-0.2, -0.15) is 0 Å². The summed E-state index contributed by atoms with van der Waals surface area (Å²) in [4.78, 5) is 53.5. The monoisotopic (exact) mass is 335 g/mol. The lowest BCUT2D eigenvalue weighted by Crippen LogP contribution is -2.11. The molecule has 0 aliphatic heterocycles. The first-order valence-electron chi connectivity index (χ1n) is 4.83. The van der Waals surface area contributed by atoms with Gasteiger partial charge in [0.2, 0.25) is 0 Å². The molecule has 0 bridgehead atoms. The largest absolute Gasteiger partial charge is 0.411 e. The molecule has 11 heteroatoms. The molecule has 1 aromatic rings. The number of ether oxygens (including phenoxy) is 2. The normalized spacial score (nSPS) is 9.62. The van der Waals surface area contributed by atoms with E-state index in [9.17, 15) is 29.3 Å². The summed E-state index contributed by atoms with van der Waals surface area (Å²) in [6.07, 6.45) is 0. The van der Waals surface area contributed by atoms with Crippen LogP contribution in [-0.4, -0.2) is 27.7 Å². The Hall–Kier alpha value is -2.52. The van der Waals surface area contributed by atoms with Gasteiger partial charge in [0.05, 0.1) is 16.1 Å². The Morgan fingerprint density at radius 2 is 1.29 bits per heavy atom. The van der Waals surface area contributed by atoms with Crippen molar-refractivity contribution < 1.29 is 33.6 Å². The van der Waals surface area contributed by atoms with Crippen LogP contribution in [0, 0.1) is 10.1 Å². The van der Waals surface area contributed by atoms with E-state index in [4.69, 9.17) is 23.2 Å². The topological polar surface area (TPSA) is 130 Å². The second-order valence-corrected chi connectivity index (χ2v) is 3.90. The van der Waals surface area contributed by atoms with E-state index in [0.717, 1.165) is 18.2 Å². The van der Waals surface area contributed by atoms with Gasteiger partial charge in [-0.25, -0.2) is 19.2 Å². The number of nitrogens with zero attached hydrogens (tertiary/aromatic N) is 1. The number of hydrogen-bond acceptors (Lipinski definition) is 8. The van der Waals surface area contributed by atoms with Gasteiger partial charge in [-0.15, -0.1) is 0 Å². The number of carbonyl (C=O) groups excluding carboxylic acids is 4. The second kappa shape index (κ2) is 6.77. The maximum absolute atomic E-state index is 11.4. The summed E-state index contributed by atoms with van der Waals surface area (Å²) < 4.78 is 8.01. The van der Waals surface area contributed by atoms with Crippen LogP contribution < -0.4 is 0 Å².